The van der Waals surface area contributed by atoms with E-state index in [4.69, 9.17) is 4.74 Å². The molecule has 1 fully saturated rings. The lowest BCUT2D eigenvalue weighted by molar-refractivity contribution is 0.164. The standard InChI is InChI=1S/C15H22O2/c1-2-14(16)13-9-5-6-10-15(13)17-11-12-7-3-4-8-12/h5-6,9-10,12,14,16H,2-4,7-8,11H2,1H3/t14-/m1/s1. The van der Waals surface area contributed by atoms with Crippen LogP contribution in [0.2, 0.25) is 0 Å². The summed E-state index contributed by atoms with van der Waals surface area (Å²) in [5.74, 6) is 1.57. The smallest absolute Gasteiger partial charge is 0.125 e. The molecule has 0 amide bonds. The molecule has 1 aromatic carbocycles. The van der Waals surface area contributed by atoms with E-state index in [1.54, 1.807) is 0 Å². The Bertz CT molecular complexity index is 343. The van der Waals surface area contributed by atoms with E-state index >= 15 is 0 Å². The Hall–Kier alpha value is -1.02. The van der Waals surface area contributed by atoms with Crippen LogP contribution in [0.3, 0.4) is 0 Å². The quantitative estimate of drug-likeness (QED) is 0.841. The van der Waals surface area contributed by atoms with Crippen molar-refractivity contribution in [1.29, 1.82) is 0 Å². The Morgan fingerprint density at radius 1 is 1.29 bits per heavy atom. The zero-order valence-electron chi connectivity index (χ0n) is 10.6. The Kier molecular flexibility index (Phi) is 4.43. The first-order valence-electron chi connectivity index (χ1n) is 6.71. The predicted octanol–water partition coefficient (Wildman–Crippen LogP) is 3.70. The fraction of sp³-hybridized carbons (Fsp3) is 0.600. The summed E-state index contributed by atoms with van der Waals surface area (Å²) in [5.41, 5.74) is 0.924. The molecule has 0 unspecified atom stereocenters. The van der Waals surface area contributed by atoms with Gasteiger partial charge in [0.15, 0.2) is 0 Å². The number of hydrogen-bond donors (Lipinski definition) is 1. The number of rotatable bonds is 5. The summed E-state index contributed by atoms with van der Waals surface area (Å²) in [4.78, 5) is 0. The SMILES string of the molecule is CC[C@@H](O)c1ccccc1OCC1CCCC1. The third kappa shape index (κ3) is 3.22. The average molecular weight is 234 g/mol. The van der Waals surface area contributed by atoms with Gasteiger partial charge in [0.25, 0.3) is 0 Å². The molecule has 1 atom stereocenters. The maximum absolute atomic E-state index is 9.92. The van der Waals surface area contributed by atoms with Gasteiger partial charge in [0.1, 0.15) is 5.75 Å². The second-order valence-electron chi connectivity index (χ2n) is 4.92. The van der Waals surface area contributed by atoms with Gasteiger partial charge in [-0.05, 0) is 31.2 Å². The van der Waals surface area contributed by atoms with Crippen molar-refractivity contribution < 1.29 is 9.84 Å². The molecule has 2 rings (SSSR count). The van der Waals surface area contributed by atoms with Crippen molar-refractivity contribution in [3.8, 4) is 5.75 Å². The van der Waals surface area contributed by atoms with Crippen molar-refractivity contribution >= 4 is 0 Å². The van der Waals surface area contributed by atoms with Crippen LogP contribution in [-0.2, 0) is 0 Å². The molecule has 1 aromatic rings. The van der Waals surface area contributed by atoms with E-state index in [9.17, 15) is 5.11 Å². The van der Waals surface area contributed by atoms with Crippen LogP contribution in [0, 0.1) is 5.92 Å². The normalized spacial score (nSPS) is 18.2. The van der Waals surface area contributed by atoms with Crippen LogP contribution in [0.1, 0.15) is 50.7 Å². The molecule has 2 nitrogen and oxygen atoms in total. The highest BCUT2D eigenvalue weighted by molar-refractivity contribution is 5.35. The van der Waals surface area contributed by atoms with Crippen LogP contribution in [0.15, 0.2) is 24.3 Å². The topological polar surface area (TPSA) is 29.5 Å². The monoisotopic (exact) mass is 234 g/mol. The highest BCUT2D eigenvalue weighted by Gasteiger charge is 2.17. The maximum Gasteiger partial charge on any atom is 0.125 e. The van der Waals surface area contributed by atoms with E-state index in [2.05, 4.69) is 0 Å². The summed E-state index contributed by atoms with van der Waals surface area (Å²) in [6.45, 7) is 2.78. The first-order chi connectivity index (χ1) is 8.31. The lowest BCUT2D eigenvalue weighted by Crippen LogP contribution is -2.10. The Labute approximate surface area is 104 Å². The molecule has 1 saturated carbocycles. The van der Waals surface area contributed by atoms with Crippen LogP contribution < -0.4 is 4.74 Å². The summed E-state index contributed by atoms with van der Waals surface area (Å²) in [7, 11) is 0. The van der Waals surface area contributed by atoms with E-state index in [0.717, 1.165) is 24.3 Å². The van der Waals surface area contributed by atoms with Gasteiger partial charge < -0.3 is 9.84 Å². The third-order valence-corrected chi connectivity index (χ3v) is 3.61. The van der Waals surface area contributed by atoms with Gasteiger partial charge in [0.05, 0.1) is 12.7 Å². The van der Waals surface area contributed by atoms with Gasteiger partial charge in [-0.1, -0.05) is 38.0 Å². The van der Waals surface area contributed by atoms with Crippen molar-refractivity contribution in [2.45, 2.75) is 45.1 Å². The molecule has 1 N–H and O–H groups in total. The average Bonchev–Trinajstić information content (AvgIpc) is 2.89. The van der Waals surface area contributed by atoms with Crippen LogP contribution in [0.5, 0.6) is 5.75 Å². The summed E-state index contributed by atoms with van der Waals surface area (Å²) < 4.78 is 5.88. The van der Waals surface area contributed by atoms with Crippen LogP contribution in [0.4, 0.5) is 0 Å². The fourth-order valence-electron chi connectivity index (χ4n) is 2.49. The second-order valence-corrected chi connectivity index (χ2v) is 4.92. The third-order valence-electron chi connectivity index (χ3n) is 3.61. The number of aliphatic hydroxyl groups excluding tert-OH is 1. The van der Waals surface area contributed by atoms with Crippen LogP contribution >= 0.6 is 0 Å². The molecule has 1 aliphatic carbocycles. The highest BCUT2D eigenvalue weighted by Crippen LogP contribution is 2.29. The zero-order valence-corrected chi connectivity index (χ0v) is 10.6. The maximum atomic E-state index is 9.92. The molecule has 0 spiro atoms. The van der Waals surface area contributed by atoms with Gasteiger partial charge in [-0.15, -0.1) is 0 Å². The molecule has 17 heavy (non-hydrogen) atoms. The van der Waals surface area contributed by atoms with E-state index in [1.165, 1.54) is 25.7 Å². The largest absolute Gasteiger partial charge is 0.493 e. The van der Waals surface area contributed by atoms with Crippen molar-refractivity contribution in [1.82, 2.24) is 0 Å². The lowest BCUT2D eigenvalue weighted by atomic mass is 10.1. The van der Waals surface area contributed by atoms with Gasteiger partial charge in [0.2, 0.25) is 0 Å². The number of ether oxygens (including phenoxy) is 1. The number of hydrogen-bond acceptors (Lipinski definition) is 2. The van der Waals surface area contributed by atoms with E-state index in [1.807, 2.05) is 31.2 Å². The summed E-state index contributed by atoms with van der Waals surface area (Å²) in [6, 6.07) is 7.84. The molecule has 0 saturated heterocycles. The highest BCUT2D eigenvalue weighted by atomic mass is 16.5. The van der Waals surface area contributed by atoms with Gasteiger partial charge in [0, 0.05) is 5.56 Å². The molecule has 0 radical (unpaired) electrons. The molecule has 0 aliphatic heterocycles. The molecule has 94 valence electrons. The summed E-state index contributed by atoms with van der Waals surface area (Å²) >= 11 is 0. The minimum atomic E-state index is -0.408. The summed E-state index contributed by atoms with van der Waals surface area (Å²) in [5, 5.41) is 9.92. The summed E-state index contributed by atoms with van der Waals surface area (Å²) in [6.07, 6.45) is 5.58. The van der Waals surface area contributed by atoms with Crippen molar-refractivity contribution in [3.05, 3.63) is 29.8 Å². The fourth-order valence-corrected chi connectivity index (χ4v) is 2.49. The van der Waals surface area contributed by atoms with Crippen LogP contribution in [0.25, 0.3) is 0 Å². The molecule has 0 bridgehead atoms. The Morgan fingerprint density at radius 3 is 2.71 bits per heavy atom. The zero-order chi connectivity index (χ0) is 12.1. The molecular weight excluding hydrogens is 212 g/mol. The first-order valence-corrected chi connectivity index (χ1v) is 6.71. The van der Waals surface area contributed by atoms with E-state index in [0.29, 0.717) is 5.92 Å². The molecular formula is C15H22O2. The van der Waals surface area contributed by atoms with E-state index < -0.39 is 6.10 Å². The number of aliphatic hydroxyl groups is 1. The van der Waals surface area contributed by atoms with Gasteiger partial charge in [-0.25, -0.2) is 0 Å². The minimum absolute atomic E-state index is 0.408. The number of para-hydroxylation sites is 1. The Morgan fingerprint density at radius 2 is 2.00 bits per heavy atom. The van der Waals surface area contributed by atoms with E-state index in [-0.39, 0.29) is 0 Å². The molecule has 0 aromatic heterocycles. The first kappa shape index (κ1) is 12.4. The molecule has 2 heteroatoms. The number of benzene rings is 1. The lowest BCUT2D eigenvalue weighted by Gasteiger charge is -2.17. The van der Waals surface area contributed by atoms with Gasteiger partial charge in [-0.2, -0.15) is 0 Å². The minimum Gasteiger partial charge on any atom is -0.493 e. The van der Waals surface area contributed by atoms with Crippen molar-refractivity contribution in [2.75, 3.05) is 6.61 Å². The van der Waals surface area contributed by atoms with Crippen molar-refractivity contribution in [3.63, 3.8) is 0 Å². The Balaban J connectivity index is 1.98. The molecule has 0 heterocycles. The predicted molar refractivity (Wildman–Crippen MR) is 69.1 cm³/mol. The van der Waals surface area contributed by atoms with Gasteiger partial charge >= 0.3 is 0 Å². The second kappa shape index (κ2) is 6.06. The van der Waals surface area contributed by atoms with Crippen LogP contribution in [-0.4, -0.2) is 11.7 Å². The van der Waals surface area contributed by atoms with Gasteiger partial charge in [-0.3, -0.25) is 0 Å². The van der Waals surface area contributed by atoms with Crippen molar-refractivity contribution in [2.24, 2.45) is 5.92 Å². The molecule has 1 aliphatic rings.